The van der Waals surface area contributed by atoms with Gasteiger partial charge in [0, 0.05) is 30.4 Å². The van der Waals surface area contributed by atoms with E-state index < -0.39 is 0 Å². The second-order valence-corrected chi connectivity index (χ2v) is 8.92. The van der Waals surface area contributed by atoms with Crippen LogP contribution in [0, 0.1) is 31.1 Å². The molecule has 0 N–H and O–H groups in total. The molecule has 2 heterocycles. The molecule has 0 unspecified atom stereocenters. The molecule has 1 fully saturated rings. The Bertz CT molecular complexity index is 1210. The Labute approximate surface area is 194 Å². The quantitative estimate of drug-likeness (QED) is 0.626. The van der Waals surface area contributed by atoms with Crippen LogP contribution in [-0.2, 0) is 0 Å². The van der Waals surface area contributed by atoms with Crippen LogP contribution in [-0.4, -0.2) is 22.6 Å². The highest BCUT2D eigenvalue weighted by atomic mass is 35.5. The minimum absolute atomic E-state index is 0.0985. The maximum absolute atomic E-state index is 12.5. The van der Waals surface area contributed by atoms with E-state index >= 15 is 0 Å². The SMILES string of the molecule is Cc1cc(=O)n(-c2ccc(N3CCC(CC4=CCC=C(C#N)C=C4)CC3)c(Cl)c2)c(C)n1. The van der Waals surface area contributed by atoms with Crippen molar-refractivity contribution in [3.8, 4) is 11.8 Å². The van der Waals surface area contributed by atoms with E-state index in [1.165, 1.54) is 11.6 Å². The maximum Gasteiger partial charge on any atom is 0.258 e. The van der Waals surface area contributed by atoms with Crippen molar-refractivity contribution < 1.29 is 0 Å². The van der Waals surface area contributed by atoms with Crippen LogP contribution in [0.25, 0.3) is 5.69 Å². The van der Waals surface area contributed by atoms with Crippen molar-refractivity contribution in [2.24, 2.45) is 5.92 Å². The van der Waals surface area contributed by atoms with Crippen LogP contribution >= 0.6 is 11.6 Å². The average molecular weight is 447 g/mol. The van der Waals surface area contributed by atoms with Crippen LogP contribution in [0.2, 0.25) is 5.02 Å². The summed E-state index contributed by atoms with van der Waals surface area (Å²) in [7, 11) is 0. The Morgan fingerprint density at radius 3 is 2.62 bits per heavy atom. The fraction of sp³-hybridized carbons (Fsp3) is 0.346. The zero-order valence-corrected chi connectivity index (χ0v) is 19.3. The lowest BCUT2D eigenvalue weighted by Crippen LogP contribution is -2.34. The van der Waals surface area contributed by atoms with Crippen molar-refractivity contribution in [3.63, 3.8) is 0 Å². The molecule has 6 heteroatoms. The molecule has 5 nitrogen and oxygen atoms in total. The van der Waals surface area contributed by atoms with Gasteiger partial charge >= 0.3 is 0 Å². The number of nitrogens with zero attached hydrogens (tertiary/aromatic N) is 4. The zero-order chi connectivity index (χ0) is 22.7. The van der Waals surface area contributed by atoms with Crippen LogP contribution in [0.15, 0.2) is 64.5 Å². The number of hydrogen-bond acceptors (Lipinski definition) is 4. The smallest absolute Gasteiger partial charge is 0.258 e. The van der Waals surface area contributed by atoms with Gasteiger partial charge < -0.3 is 4.90 Å². The van der Waals surface area contributed by atoms with Gasteiger partial charge in [0.2, 0.25) is 0 Å². The summed E-state index contributed by atoms with van der Waals surface area (Å²) in [6.07, 6.45) is 12.3. The molecule has 2 aromatic rings. The molecular formula is C26H27ClN4O. The van der Waals surface area contributed by atoms with Gasteiger partial charge in [-0.2, -0.15) is 5.26 Å². The van der Waals surface area contributed by atoms with Gasteiger partial charge in [-0.3, -0.25) is 9.36 Å². The molecule has 0 bridgehead atoms. The predicted octanol–water partition coefficient (Wildman–Crippen LogP) is 5.45. The third-order valence-electron chi connectivity index (χ3n) is 6.21. The van der Waals surface area contributed by atoms with E-state index in [9.17, 15) is 4.79 Å². The molecule has 32 heavy (non-hydrogen) atoms. The summed E-state index contributed by atoms with van der Waals surface area (Å²) >= 11 is 6.66. The molecular weight excluding hydrogens is 420 g/mol. The molecule has 0 atom stereocenters. The summed E-state index contributed by atoms with van der Waals surface area (Å²) in [5.74, 6) is 1.28. The highest BCUT2D eigenvalue weighted by molar-refractivity contribution is 6.33. The van der Waals surface area contributed by atoms with E-state index in [0.717, 1.165) is 55.7 Å². The monoisotopic (exact) mass is 446 g/mol. The molecule has 164 valence electrons. The molecule has 0 spiro atoms. The van der Waals surface area contributed by atoms with Crippen LogP contribution in [0.3, 0.4) is 0 Å². The summed E-state index contributed by atoms with van der Waals surface area (Å²) in [5, 5.41) is 9.72. The summed E-state index contributed by atoms with van der Waals surface area (Å²) in [4.78, 5) is 19.2. The number of nitriles is 1. The zero-order valence-electron chi connectivity index (χ0n) is 18.5. The molecule has 4 rings (SSSR count). The molecule has 1 aromatic carbocycles. The van der Waals surface area contributed by atoms with Crippen LogP contribution in [0.5, 0.6) is 0 Å². The molecule has 1 aromatic heterocycles. The van der Waals surface area contributed by atoms with Crippen molar-refractivity contribution in [1.29, 1.82) is 5.26 Å². The van der Waals surface area contributed by atoms with Gasteiger partial charge in [0.15, 0.2) is 0 Å². The van der Waals surface area contributed by atoms with Gasteiger partial charge in [0.05, 0.1) is 22.5 Å². The van der Waals surface area contributed by atoms with E-state index in [4.69, 9.17) is 16.9 Å². The normalized spacial score (nSPS) is 16.9. The number of aryl methyl sites for hydroxylation is 2. The van der Waals surface area contributed by atoms with Crippen LogP contribution in [0.4, 0.5) is 5.69 Å². The van der Waals surface area contributed by atoms with E-state index in [1.807, 2.05) is 44.2 Å². The predicted molar refractivity (Wildman–Crippen MR) is 129 cm³/mol. The highest BCUT2D eigenvalue weighted by Gasteiger charge is 2.22. The third kappa shape index (κ3) is 4.87. The first-order valence-electron chi connectivity index (χ1n) is 11.0. The van der Waals surface area contributed by atoms with Crippen molar-refractivity contribution >= 4 is 17.3 Å². The fourth-order valence-electron chi connectivity index (χ4n) is 4.56. The van der Waals surface area contributed by atoms with Gasteiger partial charge in [-0.05, 0) is 69.7 Å². The summed E-state index contributed by atoms with van der Waals surface area (Å²) in [6.45, 7) is 5.56. The maximum atomic E-state index is 12.5. The number of aromatic nitrogens is 2. The molecule has 0 radical (unpaired) electrons. The minimum atomic E-state index is -0.0985. The third-order valence-corrected chi connectivity index (χ3v) is 6.51. The van der Waals surface area contributed by atoms with Crippen LogP contribution < -0.4 is 10.5 Å². The van der Waals surface area contributed by atoms with E-state index in [1.54, 1.807) is 4.57 Å². The number of anilines is 1. The van der Waals surface area contributed by atoms with Crippen molar-refractivity contribution in [1.82, 2.24) is 9.55 Å². The molecule has 1 saturated heterocycles. The second kappa shape index (κ2) is 9.58. The van der Waals surface area contributed by atoms with Crippen molar-refractivity contribution in [2.45, 2.75) is 39.5 Å². The highest BCUT2D eigenvalue weighted by Crippen LogP contribution is 2.33. The average Bonchev–Trinajstić information content (AvgIpc) is 2.99. The van der Waals surface area contributed by atoms with Gasteiger partial charge in [0.1, 0.15) is 5.82 Å². The lowest BCUT2D eigenvalue weighted by Gasteiger charge is -2.34. The molecule has 1 aliphatic heterocycles. The summed E-state index contributed by atoms with van der Waals surface area (Å²) in [5.41, 5.74) is 4.42. The lowest BCUT2D eigenvalue weighted by atomic mass is 9.89. The van der Waals surface area contributed by atoms with Crippen molar-refractivity contribution in [3.05, 3.63) is 86.6 Å². The summed E-state index contributed by atoms with van der Waals surface area (Å²) in [6, 6.07) is 9.57. The van der Waals surface area contributed by atoms with E-state index in [-0.39, 0.29) is 5.56 Å². The van der Waals surface area contributed by atoms with Gasteiger partial charge in [-0.15, -0.1) is 0 Å². The first-order chi connectivity index (χ1) is 15.4. The second-order valence-electron chi connectivity index (χ2n) is 8.51. The first-order valence-corrected chi connectivity index (χ1v) is 11.4. The molecule has 2 aliphatic rings. The number of allylic oxidation sites excluding steroid dienone is 6. The Hall–Kier alpha value is -3.10. The largest absolute Gasteiger partial charge is 0.370 e. The number of piperidine rings is 1. The Morgan fingerprint density at radius 2 is 1.94 bits per heavy atom. The molecule has 1 aliphatic carbocycles. The van der Waals surface area contributed by atoms with Gasteiger partial charge in [-0.25, -0.2) is 4.98 Å². The number of rotatable bonds is 4. The number of halogens is 1. The summed E-state index contributed by atoms with van der Waals surface area (Å²) < 4.78 is 1.59. The number of hydrogen-bond donors (Lipinski definition) is 0. The Kier molecular flexibility index (Phi) is 6.62. The standard InChI is InChI=1S/C26H27ClN4O/c1-18-14-26(32)31(19(2)29-18)23-8-9-25(24(27)16-23)30-12-10-21(11-13-30)15-20-4-3-5-22(17-28)7-6-20/h4-9,14,16,21H,3,10-13,15H2,1-2H3. The number of benzene rings is 1. The minimum Gasteiger partial charge on any atom is -0.370 e. The molecule has 0 amide bonds. The van der Waals surface area contributed by atoms with Crippen LogP contribution in [0.1, 0.15) is 37.2 Å². The first kappa shape index (κ1) is 22.1. The molecule has 0 saturated carbocycles. The van der Waals surface area contributed by atoms with E-state index in [0.29, 0.717) is 22.5 Å². The lowest BCUT2D eigenvalue weighted by molar-refractivity contribution is 0.405. The topological polar surface area (TPSA) is 61.9 Å². The van der Waals surface area contributed by atoms with Crippen molar-refractivity contribution in [2.75, 3.05) is 18.0 Å². The Morgan fingerprint density at radius 1 is 1.16 bits per heavy atom. The van der Waals surface area contributed by atoms with Gasteiger partial charge in [-0.1, -0.05) is 35.4 Å². The van der Waals surface area contributed by atoms with E-state index in [2.05, 4.69) is 28.1 Å². The van der Waals surface area contributed by atoms with Gasteiger partial charge in [0.25, 0.3) is 5.56 Å². The Balaban J connectivity index is 1.42. The fourth-order valence-corrected chi connectivity index (χ4v) is 4.86.